The maximum atomic E-state index is 12.3. The molecule has 4 nitrogen and oxygen atoms in total. The molecular formula is C15H24N2O2S. The van der Waals surface area contributed by atoms with Gasteiger partial charge in [-0.05, 0) is 30.8 Å². The van der Waals surface area contributed by atoms with Crippen LogP contribution in [0.15, 0.2) is 17.5 Å². The summed E-state index contributed by atoms with van der Waals surface area (Å²) in [6, 6.07) is 4.21. The number of amides is 1. The highest BCUT2D eigenvalue weighted by Crippen LogP contribution is 2.17. The number of carbonyl (C=O) groups is 1. The van der Waals surface area contributed by atoms with E-state index in [4.69, 9.17) is 0 Å². The van der Waals surface area contributed by atoms with Crippen LogP contribution in [0.5, 0.6) is 0 Å². The lowest BCUT2D eigenvalue weighted by atomic mass is 10.1. The molecular weight excluding hydrogens is 272 g/mol. The summed E-state index contributed by atoms with van der Waals surface area (Å²) in [6.07, 6.45) is 4.48. The van der Waals surface area contributed by atoms with Crippen molar-refractivity contribution in [2.45, 2.75) is 38.3 Å². The minimum atomic E-state index is 0.138. The predicted molar refractivity (Wildman–Crippen MR) is 81.7 cm³/mol. The lowest BCUT2D eigenvalue weighted by Gasteiger charge is -2.29. The fourth-order valence-corrected chi connectivity index (χ4v) is 3.43. The first kappa shape index (κ1) is 15.5. The molecule has 1 unspecified atom stereocenters. The number of aliphatic hydroxyl groups is 1. The van der Waals surface area contributed by atoms with Crippen molar-refractivity contribution in [3.8, 4) is 0 Å². The van der Waals surface area contributed by atoms with Crippen LogP contribution in [0.2, 0.25) is 0 Å². The summed E-state index contributed by atoms with van der Waals surface area (Å²) in [7, 11) is 1.85. The van der Waals surface area contributed by atoms with E-state index in [2.05, 4.69) is 11.0 Å². The molecule has 0 spiro atoms. The minimum Gasteiger partial charge on any atom is -0.395 e. The van der Waals surface area contributed by atoms with Gasteiger partial charge in [-0.1, -0.05) is 18.9 Å². The second-order valence-corrected chi connectivity index (χ2v) is 6.52. The quantitative estimate of drug-likeness (QED) is 0.903. The summed E-state index contributed by atoms with van der Waals surface area (Å²) >= 11 is 1.68. The molecule has 1 aromatic rings. The van der Waals surface area contributed by atoms with E-state index in [1.807, 2.05) is 18.5 Å². The van der Waals surface area contributed by atoms with Crippen molar-refractivity contribution in [3.63, 3.8) is 0 Å². The summed E-state index contributed by atoms with van der Waals surface area (Å²) in [5.74, 6) is 0.138. The summed E-state index contributed by atoms with van der Waals surface area (Å²) in [6.45, 7) is 2.17. The SMILES string of the molecule is CN(Cc1cccs1)C(=O)CN1CCCCCC1CO. The Morgan fingerprint density at radius 2 is 2.35 bits per heavy atom. The molecule has 2 rings (SSSR count). The molecule has 1 atom stereocenters. The van der Waals surface area contributed by atoms with Crippen molar-refractivity contribution in [2.24, 2.45) is 0 Å². The molecule has 112 valence electrons. The van der Waals surface area contributed by atoms with E-state index >= 15 is 0 Å². The highest BCUT2D eigenvalue weighted by Gasteiger charge is 2.23. The largest absolute Gasteiger partial charge is 0.395 e. The van der Waals surface area contributed by atoms with Crippen molar-refractivity contribution >= 4 is 17.2 Å². The van der Waals surface area contributed by atoms with Crippen LogP contribution in [-0.4, -0.2) is 53.6 Å². The molecule has 0 bridgehead atoms. The van der Waals surface area contributed by atoms with Crippen LogP contribution in [0.4, 0.5) is 0 Å². The van der Waals surface area contributed by atoms with Gasteiger partial charge in [0.1, 0.15) is 0 Å². The standard InChI is InChI=1S/C15H24N2O2S/c1-16(10-14-7-5-9-20-14)15(19)11-17-8-4-2-3-6-13(17)12-18/h5,7,9,13,18H,2-4,6,8,10-12H2,1H3. The van der Waals surface area contributed by atoms with Crippen molar-refractivity contribution in [2.75, 3.05) is 26.7 Å². The summed E-state index contributed by atoms with van der Waals surface area (Å²) in [4.78, 5) is 17.5. The number of thiophene rings is 1. The monoisotopic (exact) mass is 296 g/mol. The van der Waals surface area contributed by atoms with Gasteiger partial charge in [0, 0.05) is 18.0 Å². The van der Waals surface area contributed by atoms with Crippen LogP contribution in [0.3, 0.4) is 0 Å². The predicted octanol–water partition coefficient (Wildman–Crippen LogP) is 1.94. The number of hydrogen-bond donors (Lipinski definition) is 1. The number of hydrogen-bond acceptors (Lipinski definition) is 4. The number of likely N-dealkylation sites (tertiary alicyclic amines) is 1. The van der Waals surface area contributed by atoms with Crippen LogP contribution in [0.1, 0.15) is 30.6 Å². The first-order valence-electron chi connectivity index (χ1n) is 7.32. The van der Waals surface area contributed by atoms with Crippen LogP contribution in [-0.2, 0) is 11.3 Å². The lowest BCUT2D eigenvalue weighted by Crippen LogP contribution is -2.44. The second kappa shape index (κ2) is 7.76. The first-order valence-corrected chi connectivity index (χ1v) is 8.20. The van der Waals surface area contributed by atoms with Gasteiger partial charge in [0.15, 0.2) is 0 Å². The molecule has 1 saturated heterocycles. The maximum absolute atomic E-state index is 12.3. The molecule has 1 amide bonds. The molecule has 0 radical (unpaired) electrons. The van der Waals surface area contributed by atoms with Gasteiger partial charge in [-0.25, -0.2) is 0 Å². The second-order valence-electron chi connectivity index (χ2n) is 5.49. The van der Waals surface area contributed by atoms with Gasteiger partial charge in [0.2, 0.25) is 5.91 Å². The number of likely N-dealkylation sites (N-methyl/N-ethyl adjacent to an activating group) is 1. The van der Waals surface area contributed by atoms with E-state index in [-0.39, 0.29) is 18.6 Å². The van der Waals surface area contributed by atoms with Crippen LogP contribution in [0.25, 0.3) is 0 Å². The Hall–Kier alpha value is -0.910. The number of rotatable bonds is 5. The molecule has 1 aromatic heterocycles. The summed E-state index contributed by atoms with van der Waals surface area (Å²) in [5, 5.41) is 11.5. The van der Waals surface area contributed by atoms with Crippen molar-refractivity contribution in [3.05, 3.63) is 22.4 Å². The Kier molecular flexibility index (Phi) is 6.01. The zero-order valence-corrected chi connectivity index (χ0v) is 12.9. The Labute approximate surface area is 125 Å². The third-order valence-corrected chi connectivity index (χ3v) is 4.81. The normalized spacial score (nSPS) is 20.6. The van der Waals surface area contributed by atoms with Crippen molar-refractivity contribution < 1.29 is 9.90 Å². The maximum Gasteiger partial charge on any atom is 0.236 e. The Balaban J connectivity index is 1.88. The molecule has 1 fully saturated rings. The summed E-state index contributed by atoms with van der Waals surface area (Å²) < 4.78 is 0. The number of aliphatic hydroxyl groups excluding tert-OH is 1. The molecule has 0 aliphatic carbocycles. The molecule has 5 heteroatoms. The molecule has 1 aliphatic rings. The topological polar surface area (TPSA) is 43.8 Å². The van der Waals surface area contributed by atoms with Crippen molar-refractivity contribution in [1.29, 1.82) is 0 Å². The highest BCUT2D eigenvalue weighted by molar-refractivity contribution is 7.09. The van der Waals surface area contributed by atoms with E-state index in [0.29, 0.717) is 13.1 Å². The van der Waals surface area contributed by atoms with Gasteiger partial charge in [0.25, 0.3) is 0 Å². The van der Waals surface area contributed by atoms with E-state index in [9.17, 15) is 9.90 Å². The zero-order valence-electron chi connectivity index (χ0n) is 12.1. The molecule has 1 N–H and O–H groups in total. The average Bonchev–Trinajstić information content (AvgIpc) is 2.84. The molecule has 1 aliphatic heterocycles. The third-order valence-electron chi connectivity index (χ3n) is 3.95. The van der Waals surface area contributed by atoms with E-state index in [0.717, 1.165) is 25.8 Å². The minimum absolute atomic E-state index is 0.138. The average molecular weight is 296 g/mol. The van der Waals surface area contributed by atoms with E-state index in [1.165, 1.54) is 11.3 Å². The van der Waals surface area contributed by atoms with Gasteiger partial charge in [0.05, 0.1) is 19.7 Å². The Morgan fingerprint density at radius 3 is 3.05 bits per heavy atom. The van der Waals surface area contributed by atoms with Gasteiger partial charge < -0.3 is 10.0 Å². The zero-order chi connectivity index (χ0) is 14.4. The van der Waals surface area contributed by atoms with Gasteiger partial charge in [-0.3, -0.25) is 9.69 Å². The third kappa shape index (κ3) is 4.30. The number of carbonyl (C=O) groups excluding carboxylic acids is 1. The summed E-state index contributed by atoms with van der Waals surface area (Å²) in [5.41, 5.74) is 0. The Morgan fingerprint density at radius 1 is 1.50 bits per heavy atom. The fourth-order valence-electron chi connectivity index (χ4n) is 2.67. The molecule has 0 aromatic carbocycles. The Bertz CT molecular complexity index is 408. The van der Waals surface area contributed by atoms with E-state index in [1.54, 1.807) is 16.2 Å². The number of nitrogens with zero attached hydrogens (tertiary/aromatic N) is 2. The first-order chi connectivity index (χ1) is 9.70. The van der Waals surface area contributed by atoms with Gasteiger partial charge >= 0.3 is 0 Å². The van der Waals surface area contributed by atoms with E-state index < -0.39 is 0 Å². The van der Waals surface area contributed by atoms with Gasteiger partial charge in [-0.15, -0.1) is 11.3 Å². The molecule has 20 heavy (non-hydrogen) atoms. The van der Waals surface area contributed by atoms with Crippen LogP contribution >= 0.6 is 11.3 Å². The van der Waals surface area contributed by atoms with Crippen molar-refractivity contribution in [1.82, 2.24) is 9.80 Å². The molecule has 2 heterocycles. The van der Waals surface area contributed by atoms with Gasteiger partial charge in [-0.2, -0.15) is 0 Å². The fraction of sp³-hybridized carbons (Fsp3) is 0.667. The van der Waals surface area contributed by atoms with Crippen LogP contribution in [0, 0.1) is 0 Å². The molecule has 0 saturated carbocycles. The highest BCUT2D eigenvalue weighted by atomic mass is 32.1. The lowest BCUT2D eigenvalue weighted by molar-refractivity contribution is -0.132. The smallest absolute Gasteiger partial charge is 0.236 e. The van der Waals surface area contributed by atoms with Crippen LogP contribution < -0.4 is 0 Å².